The van der Waals surface area contributed by atoms with Gasteiger partial charge < -0.3 is 10.0 Å². The number of para-hydroxylation sites is 2. The molecule has 0 amide bonds. The molecule has 4 aromatic carbocycles. The minimum atomic E-state index is -0.927. The Morgan fingerprint density at radius 3 is 2.14 bits per heavy atom. The minimum absolute atomic E-state index is 0.131. The molecule has 6 rings (SSSR count). The van der Waals surface area contributed by atoms with E-state index in [1.807, 2.05) is 72.8 Å². The number of benzene rings is 4. The molecule has 0 radical (unpaired) electrons. The highest BCUT2D eigenvalue weighted by atomic mass is 32.2. The number of aliphatic hydroxyl groups excluding tert-OH is 1. The summed E-state index contributed by atoms with van der Waals surface area (Å²) in [7, 11) is 0. The number of carbonyl (C=O) groups excluding carboxylic acids is 1. The third-order valence-corrected chi connectivity index (χ3v) is 7.79. The lowest BCUT2D eigenvalue weighted by Gasteiger charge is -2.32. The van der Waals surface area contributed by atoms with Crippen LogP contribution < -0.4 is 4.90 Å². The van der Waals surface area contributed by atoms with Crippen LogP contribution in [0.3, 0.4) is 0 Å². The van der Waals surface area contributed by atoms with Gasteiger partial charge in [-0.2, -0.15) is 0 Å². The van der Waals surface area contributed by atoms with Gasteiger partial charge in [0.05, 0.1) is 16.4 Å². The molecule has 0 saturated heterocycles. The lowest BCUT2D eigenvalue weighted by atomic mass is 10.0. The summed E-state index contributed by atoms with van der Waals surface area (Å²) in [6.07, 6.45) is 6.31. The number of hydrogen-bond acceptors (Lipinski definition) is 5. The number of thiol groups is 1. The van der Waals surface area contributed by atoms with Crippen LogP contribution in [0.1, 0.15) is 22.0 Å². The zero-order valence-corrected chi connectivity index (χ0v) is 20.3. The Bertz CT molecular complexity index is 1540. The third-order valence-electron chi connectivity index (χ3n) is 6.31. The normalized spacial score (nSPS) is 18.3. The van der Waals surface area contributed by atoms with Crippen LogP contribution in [-0.4, -0.2) is 10.9 Å². The standard InChI is InChI=1S/C30H21NO2S2/c32-29-21(30(33)23-18-20-10-2-1-9-19(20)17-22(23)29)11-3-8-16-28(34)31-24-12-4-6-14-26(24)35-27-15-7-5-13-25(27)31/h1-18,29,32,34H/b8-3+,21-11-,28-16-. The second kappa shape index (κ2) is 8.93. The quantitative estimate of drug-likeness (QED) is 0.176. The van der Waals surface area contributed by atoms with Crippen molar-refractivity contribution in [3.63, 3.8) is 0 Å². The van der Waals surface area contributed by atoms with Crippen molar-refractivity contribution in [1.29, 1.82) is 0 Å². The third kappa shape index (κ3) is 3.82. The predicted molar refractivity (Wildman–Crippen MR) is 147 cm³/mol. The van der Waals surface area contributed by atoms with Crippen molar-refractivity contribution in [1.82, 2.24) is 0 Å². The first kappa shape index (κ1) is 22.0. The van der Waals surface area contributed by atoms with Gasteiger partial charge in [0, 0.05) is 20.9 Å². The van der Waals surface area contributed by atoms with E-state index >= 15 is 0 Å². The first-order valence-electron chi connectivity index (χ1n) is 11.3. The second-order valence-electron chi connectivity index (χ2n) is 8.42. The minimum Gasteiger partial charge on any atom is -0.383 e. The molecule has 0 aromatic heterocycles. The smallest absolute Gasteiger partial charge is 0.192 e. The van der Waals surface area contributed by atoms with Crippen molar-refractivity contribution in [2.24, 2.45) is 0 Å². The molecule has 2 aliphatic rings. The summed E-state index contributed by atoms with van der Waals surface area (Å²) >= 11 is 6.56. The maximum absolute atomic E-state index is 13.0. The summed E-state index contributed by atoms with van der Waals surface area (Å²) in [6.45, 7) is 0. The van der Waals surface area contributed by atoms with Crippen LogP contribution in [0, 0.1) is 0 Å². The number of fused-ring (bicyclic) bond motifs is 4. The Balaban J connectivity index is 1.30. The summed E-state index contributed by atoms with van der Waals surface area (Å²) in [4.78, 5) is 17.5. The van der Waals surface area contributed by atoms with E-state index in [0.29, 0.717) is 16.7 Å². The number of anilines is 2. The monoisotopic (exact) mass is 491 g/mol. The molecule has 0 spiro atoms. The SMILES string of the molecule is O=C1\C(=C/C=C/C=C(\S)N2c3ccccc3Sc3ccccc32)C(O)c2cc3ccccc3cc21. The van der Waals surface area contributed by atoms with Gasteiger partial charge in [0.1, 0.15) is 6.10 Å². The molecular formula is C30H21NO2S2. The lowest BCUT2D eigenvalue weighted by molar-refractivity contribution is 0.101. The van der Waals surface area contributed by atoms with Crippen LogP contribution in [0.15, 0.2) is 130 Å². The fourth-order valence-corrected chi connectivity index (χ4v) is 5.98. The van der Waals surface area contributed by atoms with Crippen molar-refractivity contribution in [3.8, 4) is 0 Å². The van der Waals surface area contributed by atoms with E-state index in [2.05, 4.69) is 29.2 Å². The van der Waals surface area contributed by atoms with Gasteiger partial charge >= 0.3 is 0 Å². The van der Waals surface area contributed by atoms with Crippen LogP contribution in [0.5, 0.6) is 0 Å². The fourth-order valence-electron chi connectivity index (χ4n) is 4.62. The molecule has 1 aliphatic heterocycles. The summed E-state index contributed by atoms with van der Waals surface area (Å²) in [6, 6.07) is 28.2. The number of hydrogen-bond donors (Lipinski definition) is 2. The molecule has 170 valence electrons. The van der Waals surface area contributed by atoms with Gasteiger partial charge in [-0.15, -0.1) is 12.6 Å². The summed E-state index contributed by atoms with van der Waals surface area (Å²) < 4.78 is 0. The Morgan fingerprint density at radius 1 is 0.857 bits per heavy atom. The zero-order chi connectivity index (χ0) is 23.9. The Labute approximate surface area is 213 Å². The van der Waals surface area contributed by atoms with Gasteiger partial charge in [-0.3, -0.25) is 4.79 Å². The molecule has 5 heteroatoms. The van der Waals surface area contributed by atoms with Crippen LogP contribution in [0.2, 0.25) is 0 Å². The first-order chi connectivity index (χ1) is 17.1. The Morgan fingerprint density at radius 2 is 1.46 bits per heavy atom. The molecule has 4 aromatic rings. The topological polar surface area (TPSA) is 40.5 Å². The van der Waals surface area contributed by atoms with Crippen LogP contribution in [0.4, 0.5) is 11.4 Å². The molecule has 0 bridgehead atoms. The Hall–Kier alpha value is -3.51. The molecule has 1 atom stereocenters. The molecule has 35 heavy (non-hydrogen) atoms. The molecule has 1 heterocycles. The first-order valence-corrected chi connectivity index (χ1v) is 12.6. The highest BCUT2D eigenvalue weighted by Gasteiger charge is 2.33. The second-order valence-corrected chi connectivity index (χ2v) is 9.96. The van der Waals surface area contributed by atoms with E-state index < -0.39 is 6.10 Å². The molecule has 1 N–H and O–H groups in total. The average molecular weight is 492 g/mol. The number of ketones is 1. The maximum Gasteiger partial charge on any atom is 0.192 e. The molecule has 0 saturated carbocycles. The molecule has 0 fully saturated rings. The van der Waals surface area contributed by atoms with E-state index in [1.165, 1.54) is 9.79 Å². The van der Waals surface area contributed by atoms with E-state index in [0.717, 1.165) is 27.2 Å². The van der Waals surface area contributed by atoms with E-state index in [4.69, 9.17) is 12.6 Å². The summed E-state index contributed by atoms with van der Waals surface area (Å²) in [5.41, 5.74) is 3.77. The van der Waals surface area contributed by atoms with Crippen molar-refractivity contribution >= 4 is 52.3 Å². The number of Topliss-reactive ketones (excluding diaryl/α,β-unsaturated/α-hetero) is 1. The molecule has 1 unspecified atom stereocenters. The summed E-state index contributed by atoms with van der Waals surface area (Å²) in [5, 5.41) is 13.6. The predicted octanol–water partition coefficient (Wildman–Crippen LogP) is 7.63. The largest absolute Gasteiger partial charge is 0.383 e. The van der Waals surface area contributed by atoms with E-state index in [-0.39, 0.29) is 5.78 Å². The van der Waals surface area contributed by atoms with Gasteiger partial charge in [0.25, 0.3) is 0 Å². The lowest BCUT2D eigenvalue weighted by Crippen LogP contribution is -2.17. The van der Waals surface area contributed by atoms with Crippen molar-refractivity contribution in [3.05, 3.63) is 131 Å². The van der Waals surface area contributed by atoms with Crippen LogP contribution in [0.25, 0.3) is 10.8 Å². The molecule has 3 nitrogen and oxygen atoms in total. The molecular weight excluding hydrogens is 470 g/mol. The van der Waals surface area contributed by atoms with Crippen molar-refractivity contribution in [2.45, 2.75) is 15.9 Å². The van der Waals surface area contributed by atoms with Gasteiger partial charge in [-0.25, -0.2) is 0 Å². The number of carbonyl (C=O) groups is 1. The van der Waals surface area contributed by atoms with Crippen molar-refractivity contribution < 1.29 is 9.90 Å². The summed E-state index contributed by atoms with van der Waals surface area (Å²) in [5.74, 6) is -0.131. The molecule has 1 aliphatic carbocycles. The number of aliphatic hydroxyl groups is 1. The van der Waals surface area contributed by atoms with Gasteiger partial charge in [-0.1, -0.05) is 78.5 Å². The highest BCUT2D eigenvalue weighted by molar-refractivity contribution is 7.99. The highest BCUT2D eigenvalue weighted by Crippen LogP contribution is 2.49. The number of allylic oxidation sites excluding steroid dienone is 4. The Kier molecular flexibility index (Phi) is 5.61. The van der Waals surface area contributed by atoms with E-state index in [9.17, 15) is 9.90 Å². The number of rotatable bonds is 3. The van der Waals surface area contributed by atoms with Crippen LogP contribution >= 0.6 is 24.4 Å². The van der Waals surface area contributed by atoms with Gasteiger partial charge in [0.2, 0.25) is 0 Å². The average Bonchev–Trinajstić information content (AvgIpc) is 3.12. The van der Waals surface area contributed by atoms with Gasteiger partial charge in [-0.05, 0) is 58.8 Å². The van der Waals surface area contributed by atoms with Gasteiger partial charge in [0.15, 0.2) is 5.78 Å². The van der Waals surface area contributed by atoms with E-state index in [1.54, 1.807) is 23.9 Å². The maximum atomic E-state index is 13.0. The van der Waals surface area contributed by atoms with Crippen molar-refractivity contribution in [2.75, 3.05) is 4.90 Å². The fraction of sp³-hybridized carbons (Fsp3) is 0.0333. The zero-order valence-electron chi connectivity index (χ0n) is 18.6. The number of nitrogens with zero attached hydrogens (tertiary/aromatic N) is 1. The van der Waals surface area contributed by atoms with Crippen LogP contribution in [-0.2, 0) is 0 Å².